The minimum absolute atomic E-state index is 0.254. The number of nitrogens with zero attached hydrogens (tertiary/aromatic N) is 1. The van der Waals surface area contributed by atoms with Crippen LogP contribution < -0.4 is 10.1 Å². The molecule has 0 aliphatic heterocycles. The molecule has 1 unspecified atom stereocenters. The number of oxazole rings is 1. The summed E-state index contributed by atoms with van der Waals surface area (Å²) in [6.45, 7) is 1.76. The van der Waals surface area contributed by atoms with Crippen LogP contribution in [-0.2, 0) is 9.53 Å². The number of ether oxygens (including phenoxy) is 2. The van der Waals surface area contributed by atoms with Gasteiger partial charge in [-0.05, 0) is 30.7 Å². The lowest BCUT2D eigenvalue weighted by atomic mass is 10.2. The highest BCUT2D eigenvalue weighted by molar-refractivity contribution is 6.03. The molecular formula is C19H18N2O5. The van der Waals surface area contributed by atoms with Gasteiger partial charge in [0.2, 0.25) is 0 Å². The van der Waals surface area contributed by atoms with Crippen LogP contribution in [0, 0.1) is 0 Å². The quantitative estimate of drug-likeness (QED) is 0.682. The summed E-state index contributed by atoms with van der Waals surface area (Å²) < 4.78 is 15.7. The molecule has 0 saturated heterocycles. The van der Waals surface area contributed by atoms with Crippen molar-refractivity contribution in [3.05, 3.63) is 54.4 Å². The lowest BCUT2D eigenvalue weighted by Gasteiger charge is -2.16. The van der Waals surface area contributed by atoms with Gasteiger partial charge in [0, 0.05) is 11.8 Å². The number of hydrogen-bond donors (Lipinski definition) is 1. The highest BCUT2D eigenvalue weighted by atomic mass is 16.5. The number of amides is 1. The van der Waals surface area contributed by atoms with Crippen LogP contribution in [0.15, 0.2) is 53.3 Å². The molecule has 0 fully saturated rings. The maximum Gasteiger partial charge on any atom is 0.341 e. The van der Waals surface area contributed by atoms with Gasteiger partial charge < -0.3 is 19.2 Å². The van der Waals surface area contributed by atoms with Gasteiger partial charge in [0.15, 0.2) is 18.1 Å². The summed E-state index contributed by atoms with van der Waals surface area (Å²) in [7, 11) is 1.54. The zero-order valence-corrected chi connectivity index (χ0v) is 14.4. The standard InChI is InChI=1S/C19H18N2O5/c1-3-15(18(22)21-12-6-4-7-13(10-12)24-2)26-19(23)14-8-5-9-16-17(14)20-11-25-16/h4-11,15H,3H2,1-2H3,(H,21,22). The van der Waals surface area contributed by atoms with E-state index >= 15 is 0 Å². The molecule has 1 heterocycles. The Morgan fingerprint density at radius 3 is 2.81 bits per heavy atom. The van der Waals surface area contributed by atoms with Crippen molar-refractivity contribution in [3.8, 4) is 5.75 Å². The minimum atomic E-state index is -0.934. The molecule has 0 radical (unpaired) electrons. The lowest BCUT2D eigenvalue weighted by Crippen LogP contribution is -2.32. The van der Waals surface area contributed by atoms with E-state index in [9.17, 15) is 9.59 Å². The normalized spacial score (nSPS) is 11.8. The van der Waals surface area contributed by atoms with Crippen LogP contribution in [0.5, 0.6) is 5.75 Å². The van der Waals surface area contributed by atoms with Gasteiger partial charge >= 0.3 is 5.97 Å². The number of anilines is 1. The van der Waals surface area contributed by atoms with Crippen LogP contribution >= 0.6 is 0 Å². The number of aromatic nitrogens is 1. The highest BCUT2D eigenvalue weighted by Crippen LogP contribution is 2.20. The maximum absolute atomic E-state index is 12.5. The van der Waals surface area contributed by atoms with Gasteiger partial charge in [-0.25, -0.2) is 9.78 Å². The van der Waals surface area contributed by atoms with Crippen molar-refractivity contribution in [2.45, 2.75) is 19.4 Å². The number of methoxy groups -OCH3 is 1. The van der Waals surface area contributed by atoms with Crippen LogP contribution in [-0.4, -0.2) is 30.1 Å². The Bertz CT molecular complexity index is 934. The van der Waals surface area contributed by atoms with Crippen LogP contribution in [0.2, 0.25) is 0 Å². The van der Waals surface area contributed by atoms with E-state index in [-0.39, 0.29) is 5.56 Å². The Morgan fingerprint density at radius 1 is 1.23 bits per heavy atom. The van der Waals surface area contributed by atoms with E-state index in [2.05, 4.69) is 10.3 Å². The van der Waals surface area contributed by atoms with E-state index in [1.165, 1.54) is 6.39 Å². The van der Waals surface area contributed by atoms with Gasteiger partial charge in [-0.2, -0.15) is 0 Å². The second-order valence-corrected chi connectivity index (χ2v) is 5.53. The number of para-hydroxylation sites is 1. The van der Waals surface area contributed by atoms with E-state index in [1.54, 1.807) is 56.5 Å². The number of esters is 1. The van der Waals surface area contributed by atoms with Crippen molar-refractivity contribution in [2.24, 2.45) is 0 Å². The first kappa shape index (κ1) is 17.5. The highest BCUT2D eigenvalue weighted by Gasteiger charge is 2.24. The first-order valence-electron chi connectivity index (χ1n) is 8.10. The number of rotatable bonds is 6. The largest absolute Gasteiger partial charge is 0.497 e. The summed E-state index contributed by atoms with van der Waals surface area (Å²) in [6, 6.07) is 11.9. The molecular weight excluding hydrogens is 336 g/mol. The summed E-state index contributed by atoms with van der Waals surface area (Å²) in [5.74, 6) is -0.427. The minimum Gasteiger partial charge on any atom is -0.497 e. The van der Waals surface area contributed by atoms with E-state index in [0.29, 0.717) is 29.0 Å². The van der Waals surface area contributed by atoms with Crippen molar-refractivity contribution < 1.29 is 23.5 Å². The molecule has 0 aliphatic carbocycles. The SMILES string of the molecule is CCC(OC(=O)c1cccc2ocnc12)C(=O)Nc1cccc(OC)c1. The predicted molar refractivity (Wildman–Crippen MR) is 95.1 cm³/mol. The number of hydrogen-bond acceptors (Lipinski definition) is 6. The smallest absolute Gasteiger partial charge is 0.341 e. The number of fused-ring (bicyclic) bond motifs is 1. The molecule has 3 rings (SSSR count). The third-order valence-corrected chi connectivity index (χ3v) is 3.83. The Morgan fingerprint density at radius 2 is 2.04 bits per heavy atom. The van der Waals surface area contributed by atoms with Crippen LogP contribution in [0.3, 0.4) is 0 Å². The summed E-state index contributed by atoms with van der Waals surface area (Å²) in [4.78, 5) is 29.0. The fraction of sp³-hybridized carbons (Fsp3) is 0.211. The maximum atomic E-state index is 12.5. The third-order valence-electron chi connectivity index (χ3n) is 3.83. The Hall–Kier alpha value is -3.35. The van der Waals surface area contributed by atoms with Crippen molar-refractivity contribution in [2.75, 3.05) is 12.4 Å². The van der Waals surface area contributed by atoms with Gasteiger partial charge in [-0.1, -0.05) is 19.1 Å². The Labute approximate surface area is 149 Å². The zero-order chi connectivity index (χ0) is 18.5. The van der Waals surface area contributed by atoms with Gasteiger partial charge in [0.25, 0.3) is 5.91 Å². The molecule has 26 heavy (non-hydrogen) atoms. The van der Waals surface area contributed by atoms with Crippen LogP contribution in [0.1, 0.15) is 23.7 Å². The molecule has 3 aromatic rings. The molecule has 0 spiro atoms. The topological polar surface area (TPSA) is 90.7 Å². The second-order valence-electron chi connectivity index (χ2n) is 5.53. The molecule has 2 aromatic carbocycles. The third kappa shape index (κ3) is 3.66. The van der Waals surface area contributed by atoms with E-state index < -0.39 is 18.0 Å². The predicted octanol–water partition coefficient (Wildman–Crippen LogP) is 3.41. The van der Waals surface area contributed by atoms with E-state index in [1.807, 2.05) is 0 Å². The fourth-order valence-corrected chi connectivity index (χ4v) is 2.49. The van der Waals surface area contributed by atoms with Gasteiger partial charge in [-0.3, -0.25) is 4.79 Å². The van der Waals surface area contributed by atoms with E-state index in [4.69, 9.17) is 13.9 Å². The molecule has 7 nitrogen and oxygen atoms in total. The first-order valence-corrected chi connectivity index (χ1v) is 8.10. The molecule has 1 atom stereocenters. The number of benzene rings is 2. The summed E-state index contributed by atoms with van der Waals surface area (Å²) in [5.41, 5.74) is 1.69. The first-order chi connectivity index (χ1) is 12.6. The van der Waals surface area contributed by atoms with Gasteiger partial charge in [0.05, 0.1) is 12.7 Å². The van der Waals surface area contributed by atoms with Gasteiger partial charge in [-0.15, -0.1) is 0 Å². The average molecular weight is 354 g/mol. The van der Waals surface area contributed by atoms with Crippen molar-refractivity contribution >= 4 is 28.7 Å². The zero-order valence-electron chi connectivity index (χ0n) is 14.4. The number of carbonyl (C=O) groups excluding carboxylic acids is 2. The molecule has 1 amide bonds. The summed E-state index contributed by atoms with van der Waals surface area (Å²) in [6.07, 6.45) is 0.653. The molecule has 134 valence electrons. The summed E-state index contributed by atoms with van der Waals surface area (Å²) >= 11 is 0. The average Bonchev–Trinajstić information content (AvgIpc) is 3.14. The van der Waals surface area contributed by atoms with Crippen LogP contribution in [0.4, 0.5) is 5.69 Å². The van der Waals surface area contributed by atoms with Crippen LogP contribution in [0.25, 0.3) is 11.1 Å². The molecule has 0 saturated carbocycles. The van der Waals surface area contributed by atoms with E-state index in [0.717, 1.165) is 0 Å². The Kier molecular flexibility index (Phi) is 5.17. The molecule has 7 heteroatoms. The van der Waals surface area contributed by atoms with Gasteiger partial charge in [0.1, 0.15) is 11.3 Å². The number of nitrogens with one attached hydrogen (secondary N) is 1. The van der Waals surface area contributed by atoms with Crippen molar-refractivity contribution in [3.63, 3.8) is 0 Å². The lowest BCUT2D eigenvalue weighted by molar-refractivity contribution is -0.124. The fourth-order valence-electron chi connectivity index (χ4n) is 2.49. The second kappa shape index (κ2) is 7.69. The Balaban J connectivity index is 1.73. The van der Waals surface area contributed by atoms with Crippen molar-refractivity contribution in [1.82, 2.24) is 4.98 Å². The molecule has 1 N–H and O–H groups in total. The molecule has 0 bridgehead atoms. The molecule has 1 aromatic heterocycles. The molecule has 0 aliphatic rings. The summed E-state index contributed by atoms with van der Waals surface area (Å²) in [5, 5.41) is 2.73. The monoisotopic (exact) mass is 354 g/mol. The van der Waals surface area contributed by atoms with Crippen molar-refractivity contribution in [1.29, 1.82) is 0 Å². The number of carbonyl (C=O) groups is 2.